The summed E-state index contributed by atoms with van der Waals surface area (Å²) in [6, 6.07) is 15.4. The van der Waals surface area contributed by atoms with Gasteiger partial charge in [0.25, 0.3) is 0 Å². The second kappa shape index (κ2) is 9.62. The van der Waals surface area contributed by atoms with Gasteiger partial charge < -0.3 is 21.3 Å². The van der Waals surface area contributed by atoms with Crippen LogP contribution < -0.4 is 11.5 Å². The molecule has 0 saturated carbocycles. The van der Waals surface area contributed by atoms with Crippen molar-refractivity contribution in [3.8, 4) is 0 Å². The van der Waals surface area contributed by atoms with E-state index in [0.29, 0.717) is 12.1 Å². The van der Waals surface area contributed by atoms with Crippen LogP contribution in [0.2, 0.25) is 0 Å². The largest absolute Gasteiger partial charge is 0.399 e. The van der Waals surface area contributed by atoms with E-state index in [4.69, 9.17) is 11.5 Å². The number of likely N-dealkylation sites (tertiary alicyclic amines) is 1. The van der Waals surface area contributed by atoms with E-state index in [2.05, 4.69) is 11.0 Å². The molecule has 1 saturated heterocycles. The number of rotatable bonds is 6. The maximum Gasteiger partial charge on any atom is 0.227 e. The van der Waals surface area contributed by atoms with Crippen LogP contribution in [0.25, 0.3) is 0 Å². The third-order valence-corrected chi connectivity index (χ3v) is 5.18. The molecule has 1 amide bonds. The number of hydrogen-bond acceptors (Lipinski definition) is 4. The Hall–Kier alpha value is -2.24. The Bertz CT molecular complexity index is 761. The first-order valence-corrected chi connectivity index (χ1v) is 9.21. The zero-order valence-electron chi connectivity index (χ0n) is 15.8. The maximum absolute atomic E-state index is 13.0. The van der Waals surface area contributed by atoms with Gasteiger partial charge in [0.2, 0.25) is 5.91 Å². The second-order valence-electron chi connectivity index (χ2n) is 7.07. The van der Waals surface area contributed by atoms with E-state index in [-0.39, 0.29) is 24.4 Å². The summed E-state index contributed by atoms with van der Waals surface area (Å²) < 4.78 is 0. The van der Waals surface area contributed by atoms with Crippen molar-refractivity contribution in [3.63, 3.8) is 0 Å². The number of carbonyl (C=O) groups excluding carboxylic acids is 1. The van der Waals surface area contributed by atoms with Gasteiger partial charge in [0.15, 0.2) is 0 Å². The third kappa shape index (κ3) is 5.37. The third-order valence-electron chi connectivity index (χ3n) is 5.18. The molecule has 1 heterocycles. The number of anilines is 2. The molecule has 0 aromatic heterocycles. The fourth-order valence-corrected chi connectivity index (χ4v) is 3.58. The quantitative estimate of drug-likeness (QED) is 0.745. The molecular formula is C21H29ClN4O. The zero-order valence-corrected chi connectivity index (χ0v) is 16.6. The predicted molar refractivity (Wildman–Crippen MR) is 114 cm³/mol. The lowest BCUT2D eigenvalue weighted by atomic mass is 10.0. The predicted octanol–water partition coefficient (Wildman–Crippen LogP) is 3.11. The standard InChI is InChI=1S/C21H28N4O.ClH/c1-24(21(26)14-16-7-2-3-10-19(16)23)20(15-25-11-4-5-12-25)17-8-6-9-18(22)13-17;/h2-3,6-10,13,20H,4-5,11-12,14-15,22-23H2,1H3;1H/t20-;/m1./s1. The summed E-state index contributed by atoms with van der Waals surface area (Å²) in [7, 11) is 1.88. The summed E-state index contributed by atoms with van der Waals surface area (Å²) >= 11 is 0. The van der Waals surface area contributed by atoms with Crippen molar-refractivity contribution in [2.45, 2.75) is 25.3 Å². The molecule has 146 valence electrons. The molecule has 0 aliphatic carbocycles. The van der Waals surface area contributed by atoms with Crippen molar-refractivity contribution in [2.24, 2.45) is 0 Å². The first kappa shape index (κ1) is 21.1. The van der Waals surface area contributed by atoms with Crippen molar-refractivity contribution in [3.05, 3.63) is 59.7 Å². The minimum Gasteiger partial charge on any atom is -0.399 e. The first-order valence-electron chi connectivity index (χ1n) is 9.21. The van der Waals surface area contributed by atoms with Gasteiger partial charge in [0.1, 0.15) is 0 Å². The van der Waals surface area contributed by atoms with Gasteiger partial charge >= 0.3 is 0 Å². The molecule has 0 unspecified atom stereocenters. The zero-order chi connectivity index (χ0) is 18.5. The number of para-hydroxylation sites is 1. The van der Waals surface area contributed by atoms with Crippen LogP contribution in [-0.2, 0) is 11.2 Å². The van der Waals surface area contributed by atoms with Crippen molar-refractivity contribution in [1.82, 2.24) is 9.80 Å². The van der Waals surface area contributed by atoms with Crippen molar-refractivity contribution in [1.29, 1.82) is 0 Å². The van der Waals surface area contributed by atoms with Gasteiger partial charge in [-0.05, 0) is 55.3 Å². The normalized spacial score (nSPS) is 15.1. The summed E-state index contributed by atoms with van der Waals surface area (Å²) in [5.74, 6) is 0.0644. The highest BCUT2D eigenvalue weighted by Crippen LogP contribution is 2.25. The van der Waals surface area contributed by atoms with Crippen LogP contribution in [0.1, 0.15) is 30.0 Å². The summed E-state index contributed by atoms with van der Waals surface area (Å²) in [5, 5.41) is 0. The molecule has 2 aromatic rings. The summed E-state index contributed by atoms with van der Waals surface area (Å²) in [6.07, 6.45) is 2.76. The first-order chi connectivity index (χ1) is 12.5. The van der Waals surface area contributed by atoms with Crippen LogP contribution in [0.15, 0.2) is 48.5 Å². The fourth-order valence-electron chi connectivity index (χ4n) is 3.58. The highest BCUT2D eigenvalue weighted by atomic mass is 35.5. The molecular weight excluding hydrogens is 360 g/mol. The van der Waals surface area contributed by atoms with Gasteiger partial charge in [-0.15, -0.1) is 12.4 Å². The Morgan fingerprint density at radius 3 is 2.48 bits per heavy atom. The molecule has 1 aliphatic heterocycles. The second-order valence-corrected chi connectivity index (χ2v) is 7.07. The van der Waals surface area contributed by atoms with Crippen LogP contribution in [0, 0.1) is 0 Å². The lowest BCUT2D eigenvalue weighted by Gasteiger charge is -2.32. The van der Waals surface area contributed by atoms with Gasteiger partial charge in [-0.1, -0.05) is 30.3 Å². The number of nitrogens with two attached hydrogens (primary N) is 2. The average Bonchev–Trinajstić information content (AvgIpc) is 3.14. The minimum absolute atomic E-state index is 0. The minimum atomic E-state index is -0.0194. The fraction of sp³-hybridized carbons (Fsp3) is 0.381. The molecule has 5 nitrogen and oxygen atoms in total. The van der Waals surface area contributed by atoms with Crippen LogP contribution in [0.3, 0.4) is 0 Å². The number of likely N-dealkylation sites (N-methyl/N-ethyl adjacent to an activating group) is 1. The van der Waals surface area contributed by atoms with Crippen molar-refractivity contribution >= 4 is 29.7 Å². The van der Waals surface area contributed by atoms with Gasteiger partial charge in [-0.2, -0.15) is 0 Å². The van der Waals surface area contributed by atoms with Crippen molar-refractivity contribution in [2.75, 3.05) is 38.1 Å². The Balaban J connectivity index is 0.00000261. The molecule has 0 radical (unpaired) electrons. The summed E-state index contributed by atoms with van der Waals surface area (Å²) in [6.45, 7) is 3.01. The van der Waals surface area contributed by atoms with Gasteiger partial charge in [-0.25, -0.2) is 0 Å². The topological polar surface area (TPSA) is 75.6 Å². The van der Waals surface area contributed by atoms with Crippen LogP contribution >= 0.6 is 12.4 Å². The lowest BCUT2D eigenvalue weighted by molar-refractivity contribution is -0.131. The molecule has 1 atom stereocenters. The van der Waals surface area contributed by atoms with E-state index in [9.17, 15) is 4.79 Å². The molecule has 0 spiro atoms. The highest BCUT2D eigenvalue weighted by Gasteiger charge is 2.26. The molecule has 1 aliphatic rings. The van der Waals surface area contributed by atoms with Gasteiger partial charge in [-0.3, -0.25) is 4.79 Å². The Labute approximate surface area is 167 Å². The van der Waals surface area contributed by atoms with Crippen LogP contribution in [0.4, 0.5) is 11.4 Å². The number of benzene rings is 2. The molecule has 27 heavy (non-hydrogen) atoms. The Morgan fingerprint density at radius 2 is 1.81 bits per heavy atom. The summed E-state index contributed by atoms with van der Waals surface area (Å²) in [5.41, 5.74) is 15.3. The Kier molecular flexibility index (Phi) is 7.51. The number of amides is 1. The van der Waals surface area contributed by atoms with E-state index in [1.807, 2.05) is 54.4 Å². The summed E-state index contributed by atoms with van der Waals surface area (Å²) in [4.78, 5) is 17.2. The van der Waals surface area contributed by atoms with E-state index >= 15 is 0 Å². The highest BCUT2D eigenvalue weighted by molar-refractivity contribution is 5.85. The molecule has 3 rings (SSSR count). The number of nitrogens with zero attached hydrogens (tertiary/aromatic N) is 2. The van der Waals surface area contributed by atoms with E-state index in [0.717, 1.165) is 36.4 Å². The molecule has 4 N–H and O–H groups in total. The molecule has 6 heteroatoms. The van der Waals surface area contributed by atoms with E-state index < -0.39 is 0 Å². The van der Waals surface area contributed by atoms with Crippen LogP contribution in [-0.4, -0.2) is 42.4 Å². The van der Waals surface area contributed by atoms with Crippen LogP contribution in [0.5, 0.6) is 0 Å². The van der Waals surface area contributed by atoms with E-state index in [1.165, 1.54) is 12.8 Å². The van der Waals surface area contributed by atoms with Gasteiger partial charge in [0.05, 0.1) is 12.5 Å². The number of halogens is 1. The number of nitrogen functional groups attached to an aromatic ring is 2. The average molecular weight is 389 g/mol. The van der Waals surface area contributed by atoms with E-state index in [1.54, 1.807) is 0 Å². The molecule has 2 aromatic carbocycles. The molecule has 0 bridgehead atoms. The number of hydrogen-bond donors (Lipinski definition) is 2. The van der Waals surface area contributed by atoms with Gasteiger partial charge in [0, 0.05) is 25.0 Å². The maximum atomic E-state index is 13.0. The lowest BCUT2D eigenvalue weighted by Crippen LogP contribution is -2.39. The van der Waals surface area contributed by atoms with Crippen molar-refractivity contribution < 1.29 is 4.79 Å². The SMILES string of the molecule is CN(C(=O)Cc1ccccc1N)[C@H](CN1CCCC1)c1cccc(N)c1.Cl. The Morgan fingerprint density at radius 1 is 1.11 bits per heavy atom. The smallest absolute Gasteiger partial charge is 0.227 e. The monoisotopic (exact) mass is 388 g/mol. The number of carbonyl (C=O) groups is 1. The molecule has 1 fully saturated rings.